The third kappa shape index (κ3) is 8.07. The number of imidazole rings is 1. The van der Waals surface area contributed by atoms with Crippen LogP contribution in [0.1, 0.15) is 48.5 Å². The molecule has 0 bridgehead atoms. The van der Waals surface area contributed by atoms with E-state index in [2.05, 4.69) is 35.3 Å². The fourth-order valence-electron chi connectivity index (χ4n) is 6.68. The molecule has 21 nitrogen and oxygen atoms in total. The number of aliphatic hydroxyl groups excluding tert-OH is 1. The van der Waals surface area contributed by atoms with Gasteiger partial charge < -0.3 is 42.9 Å². The molecule has 0 aliphatic carbocycles. The number of aliphatic hydroxyl groups is 1. The minimum Gasteiger partial charge on any atom is -0.394 e. The summed E-state index contributed by atoms with van der Waals surface area (Å²) in [7, 11) is -3.48. The largest absolute Gasteiger partial charge is 0.394 e. The van der Waals surface area contributed by atoms with E-state index in [1.807, 2.05) is 6.07 Å². The van der Waals surface area contributed by atoms with E-state index in [0.29, 0.717) is 11.1 Å². The second-order valence-electron chi connectivity index (χ2n) is 12.9. The Balaban J connectivity index is 1.15. The van der Waals surface area contributed by atoms with Crippen LogP contribution in [0.4, 0.5) is 5.82 Å². The number of hydrogen-bond acceptors (Lipinski definition) is 17. The Morgan fingerprint density at radius 1 is 1.11 bits per heavy atom. The molecule has 10 atom stereocenters. The number of rotatable bonds is 15. The molecule has 56 heavy (non-hydrogen) atoms. The van der Waals surface area contributed by atoms with Gasteiger partial charge in [0.05, 0.1) is 63.4 Å². The monoisotopic (exact) mass is 830 g/mol. The molecular formula is C32H36N10O11P2S. The van der Waals surface area contributed by atoms with Crippen molar-refractivity contribution in [3.8, 4) is 6.07 Å². The van der Waals surface area contributed by atoms with Crippen LogP contribution in [0.15, 0.2) is 60.3 Å². The number of carbonyl (C=O) groups excluding carboxylic acids is 1. The van der Waals surface area contributed by atoms with Crippen LogP contribution >= 0.6 is 15.0 Å². The highest BCUT2D eigenvalue weighted by molar-refractivity contribution is 8.07. The van der Waals surface area contributed by atoms with Crippen molar-refractivity contribution in [2.75, 3.05) is 25.1 Å². The van der Waals surface area contributed by atoms with Crippen LogP contribution in [0, 0.1) is 23.2 Å². The number of fused-ring (bicyclic) bond motifs is 2. The third-order valence-corrected chi connectivity index (χ3v) is 12.3. The minimum absolute atomic E-state index is 0.0524. The van der Waals surface area contributed by atoms with Gasteiger partial charge in [0, 0.05) is 23.0 Å². The standard InChI is InChI=1S/C32H36N10O11P2S/c1-17-21(12-43)51-31(41-16-38-23-27(34-14-36-29(23)41)40-30(44)19-7-4-3-5-8-19)26(17)53-55(56,48-10-6-9-33)49-13-22-25(52-54(46)47)18(2)24(50-22)20-11-39-42-28(20)35-15-37-32(42)45/h3-5,7-8,11,14-18,21-22,24-26,31,43,54H,6,10,12-13H2,1-2H3,(H,46,47)(H,35,37,45)(H,34,36,40,44)/t17-,18+,21-,22-,24-,25+,26-,31-,55?/m1/s1. The molecular weight excluding hydrogens is 794 g/mol. The highest BCUT2D eigenvalue weighted by Gasteiger charge is 2.49. The molecule has 296 valence electrons. The summed E-state index contributed by atoms with van der Waals surface area (Å²) in [5.74, 6) is -1.33. The van der Waals surface area contributed by atoms with Crippen LogP contribution in [-0.4, -0.2) is 99.2 Å². The van der Waals surface area contributed by atoms with Crippen molar-refractivity contribution >= 4 is 55.3 Å². The second kappa shape index (κ2) is 17.0. The van der Waals surface area contributed by atoms with E-state index in [-0.39, 0.29) is 48.9 Å². The number of carbonyl (C=O) groups is 1. The summed E-state index contributed by atoms with van der Waals surface area (Å²) in [5.41, 5.74) is 1.07. The van der Waals surface area contributed by atoms with Gasteiger partial charge in [-0.1, -0.05) is 32.0 Å². The summed E-state index contributed by atoms with van der Waals surface area (Å²) >= 11 is 5.91. The maximum absolute atomic E-state index is 13.0. The topological polar surface area (TPSA) is 272 Å². The Morgan fingerprint density at radius 2 is 1.91 bits per heavy atom. The van der Waals surface area contributed by atoms with Crippen LogP contribution in [-0.2, 0) is 43.9 Å². The van der Waals surface area contributed by atoms with Gasteiger partial charge in [0.2, 0.25) is 0 Å². The summed E-state index contributed by atoms with van der Waals surface area (Å²) in [4.78, 5) is 54.8. The molecule has 2 aliphatic rings. The maximum Gasteiger partial charge on any atom is 0.349 e. The van der Waals surface area contributed by atoms with Gasteiger partial charge in [-0.05, 0) is 23.9 Å². The smallest absolute Gasteiger partial charge is 0.349 e. The Kier molecular flexibility index (Phi) is 12.1. The van der Waals surface area contributed by atoms with E-state index in [4.69, 9.17) is 39.4 Å². The highest BCUT2D eigenvalue weighted by atomic mass is 32.5. The van der Waals surface area contributed by atoms with Gasteiger partial charge in [0.15, 0.2) is 28.9 Å². The molecule has 24 heteroatoms. The van der Waals surface area contributed by atoms with Crippen molar-refractivity contribution in [1.29, 1.82) is 5.26 Å². The Labute approximate surface area is 323 Å². The predicted molar refractivity (Wildman–Crippen MR) is 198 cm³/mol. The van der Waals surface area contributed by atoms with E-state index in [1.54, 1.807) is 48.7 Å². The van der Waals surface area contributed by atoms with E-state index >= 15 is 0 Å². The van der Waals surface area contributed by atoms with Crippen molar-refractivity contribution in [2.24, 2.45) is 11.8 Å². The maximum atomic E-state index is 13.0. The molecule has 5 aromatic rings. The Morgan fingerprint density at radius 3 is 2.66 bits per heavy atom. The molecule has 1 amide bonds. The van der Waals surface area contributed by atoms with Crippen LogP contribution in [0.3, 0.4) is 0 Å². The van der Waals surface area contributed by atoms with Crippen LogP contribution in [0.5, 0.6) is 0 Å². The number of nitrogens with one attached hydrogen (secondary N) is 2. The van der Waals surface area contributed by atoms with E-state index in [1.165, 1.54) is 25.2 Å². The first-order valence-corrected chi connectivity index (χ1v) is 21.0. The number of ether oxygens (including phenoxy) is 2. The average Bonchev–Trinajstić information content (AvgIpc) is 3.96. The van der Waals surface area contributed by atoms with E-state index in [0.717, 1.165) is 4.52 Å². The quantitative estimate of drug-likeness (QED) is 0.0871. The zero-order valence-corrected chi connectivity index (χ0v) is 32.4. The summed E-state index contributed by atoms with van der Waals surface area (Å²) in [6, 6.07) is 10.6. The number of anilines is 1. The average molecular weight is 831 g/mol. The minimum atomic E-state index is -3.84. The first kappa shape index (κ1) is 39.9. The van der Waals surface area contributed by atoms with Gasteiger partial charge in [0.1, 0.15) is 24.6 Å². The highest BCUT2D eigenvalue weighted by Crippen LogP contribution is 2.56. The summed E-state index contributed by atoms with van der Waals surface area (Å²) < 4.78 is 51.4. The van der Waals surface area contributed by atoms with Gasteiger partial charge in [-0.3, -0.25) is 18.9 Å². The molecule has 0 radical (unpaired) electrons. The van der Waals surface area contributed by atoms with Crippen LogP contribution in [0.25, 0.3) is 16.8 Å². The molecule has 2 aliphatic heterocycles. The summed E-state index contributed by atoms with van der Waals surface area (Å²) in [6.07, 6.45) is -0.204. The number of nitriles is 1. The molecule has 4 aromatic heterocycles. The van der Waals surface area contributed by atoms with E-state index < -0.39 is 75.2 Å². The number of hydrogen-bond donors (Lipinski definition) is 4. The van der Waals surface area contributed by atoms with Gasteiger partial charge in [0.25, 0.3) is 5.91 Å². The number of nitrogens with zero attached hydrogens (tertiary/aromatic N) is 8. The molecule has 0 saturated carbocycles. The first-order chi connectivity index (χ1) is 27.0. The zero-order valence-electron chi connectivity index (χ0n) is 29.6. The second-order valence-corrected chi connectivity index (χ2v) is 16.6. The Hall–Kier alpha value is -4.36. The number of aromatic amines is 1. The lowest BCUT2D eigenvalue weighted by molar-refractivity contribution is -0.0514. The summed E-state index contributed by atoms with van der Waals surface area (Å²) in [5, 5.41) is 26.4. The summed E-state index contributed by atoms with van der Waals surface area (Å²) in [6.45, 7) is -1.21. The molecule has 2 fully saturated rings. The van der Waals surface area contributed by atoms with Gasteiger partial charge in [-0.25, -0.2) is 24.7 Å². The number of benzene rings is 1. The lowest BCUT2D eigenvalue weighted by Crippen LogP contribution is -2.32. The van der Waals surface area contributed by atoms with Crippen LogP contribution < -0.4 is 11.0 Å². The predicted octanol–water partition coefficient (Wildman–Crippen LogP) is 2.44. The molecule has 7 rings (SSSR count). The van der Waals surface area contributed by atoms with Gasteiger partial charge in [-0.2, -0.15) is 14.9 Å². The zero-order chi connectivity index (χ0) is 39.6. The molecule has 0 spiro atoms. The molecule has 6 heterocycles. The SMILES string of the molecule is C[C@@H]1[C@H](O[PH](=O)O)[C@@H](COP(=S)(OCCC#N)O[C@@H]2[C@H](C)[C@@H](CO)O[C@H]2n2cnc3c(NC(=O)c4ccccc4)ncnc32)O[C@H]1c1cnn2c(=O)[nH]cnc12. The van der Waals surface area contributed by atoms with Gasteiger partial charge >= 0.3 is 20.7 Å². The van der Waals surface area contributed by atoms with E-state index in [9.17, 15) is 29.4 Å². The van der Waals surface area contributed by atoms with Gasteiger partial charge in [-0.15, -0.1) is 0 Å². The molecule has 4 N–H and O–H groups in total. The number of H-pyrrole nitrogens is 1. The first-order valence-electron chi connectivity index (χ1n) is 17.2. The lowest BCUT2D eigenvalue weighted by Gasteiger charge is -2.30. The third-order valence-electron chi connectivity index (χ3n) is 9.46. The number of aromatic nitrogens is 8. The van der Waals surface area contributed by atoms with Crippen LogP contribution in [0.2, 0.25) is 0 Å². The van der Waals surface area contributed by atoms with Crippen molar-refractivity contribution in [3.63, 3.8) is 0 Å². The lowest BCUT2D eigenvalue weighted by atomic mass is 9.95. The van der Waals surface area contributed by atoms with Crippen molar-refractivity contribution in [1.82, 2.24) is 39.1 Å². The Bertz CT molecular complexity index is 2380. The number of amides is 1. The molecule has 2 unspecified atom stereocenters. The normalized spacial score (nSPS) is 26.6. The molecule has 1 aromatic carbocycles. The van der Waals surface area contributed by atoms with Crippen molar-refractivity contribution < 1.29 is 46.9 Å². The fraction of sp³-hybridized carbons (Fsp3) is 0.438. The molecule has 2 saturated heterocycles. The fourth-order valence-corrected chi connectivity index (χ4v) is 9.42. The van der Waals surface area contributed by atoms with Crippen molar-refractivity contribution in [2.45, 2.75) is 57.0 Å². The van der Waals surface area contributed by atoms with Crippen molar-refractivity contribution in [3.05, 3.63) is 77.1 Å².